The number of ether oxygens (including phenoxy) is 1. The average molecular weight is 398 g/mol. The van der Waals surface area contributed by atoms with Gasteiger partial charge in [-0.15, -0.1) is 0 Å². The van der Waals surface area contributed by atoms with Crippen molar-refractivity contribution in [3.05, 3.63) is 96.3 Å². The first-order valence-corrected chi connectivity index (χ1v) is 9.35. The zero-order valence-corrected chi connectivity index (χ0v) is 16.3. The molecule has 0 aliphatic carbocycles. The van der Waals surface area contributed by atoms with Crippen LogP contribution in [-0.2, 0) is 0 Å². The molecule has 6 heteroatoms. The van der Waals surface area contributed by atoms with E-state index in [4.69, 9.17) is 4.74 Å². The van der Waals surface area contributed by atoms with Crippen molar-refractivity contribution < 1.29 is 9.13 Å². The molecule has 0 atom stereocenters. The van der Waals surface area contributed by atoms with Crippen molar-refractivity contribution in [1.82, 2.24) is 9.97 Å². The van der Waals surface area contributed by atoms with Gasteiger partial charge in [-0.25, -0.2) is 19.8 Å². The second kappa shape index (κ2) is 8.96. The van der Waals surface area contributed by atoms with Crippen molar-refractivity contribution >= 4 is 12.2 Å². The summed E-state index contributed by atoms with van der Waals surface area (Å²) in [5.41, 5.74) is 7.08. The maximum absolute atomic E-state index is 13.0. The number of hydrazone groups is 1. The van der Waals surface area contributed by atoms with Crippen LogP contribution in [-0.4, -0.2) is 23.3 Å². The average Bonchev–Trinajstić information content (AvgIpc) is 2.81. The van der Waals surface area contributed by atoms with Crippen molar-refractivity contribution in [2.45, 2.75) is 0 Å². The lowest BCUT2D eigenvalue weighted by atomic mass is 10.1. The minimum absolute atomic E-state index is 0.289. The molecule has 1 aromatic heterocycles. The minimum Gasteiger partial charge on any atom is -0.497 e. The first-order chi connectivity index (χ1) is 14.7. The van der Waals surface area contributed by atoms with Crippen LogP contribution in [0.15, 0.2) is 90.0 Å². The summed E-state index contributed by atoms with van der Waals surface area (Å²) in [4.78, 5) is 9.18. The molecular weight excluding hydrogens is 379 g/mol. The number of halogens is 1. The Morgan fingerprint density at radius 1 is 0.833 bits per heavy atom. The standard InChI is InChI=1S/C24H19FN4O/c1-30-21-13-9-19(10-14-21)23-15-22(18-5-3-2-4-6-18)27-24(28-23)29-26-16-17-7-11-20(25)12-8-17/h2-16H,1H3,(H,27,28,29)/b26-16+. The molecule has 0 aliphatic heterocycles. The van der Waals surface area contributed by atoms with Gasteiger partial charge in [0, 0.05) is 11.1 Å². The summed E-state index contributed by atoms with van der Waals surface area (Å²) in [6, 6.07) is 25.5. The quantitative estimate of drug-likeness (QED) is 0.349. The van der Waals surface area contributed by atoms with Gasteiger partial charge in [-0.2, -0.15) is 5.10 Å². The Balaban J connectivity index is 1.67. The first-order valence-electron chi connectivity index (χ1n) is 9.35. The highest BCUT2D eigenvalue weighted by Crippen LogP contribution is 2.26. The molecule has 4 rings (SSSR count). The highest BCUT2D eigenvalue weighted by molar-refractivity contribution is 5.80. The van der Waals surface area contributed by atoms with Gasteiger partial charge in [0.1, 0.15) is 11.6 Å². The molecule has 148 valence electrons. The summed E-state index contributed by atoms with van der Waals surface area (Å²) < 4.78 is 18.3. The van der Waals surface area contributed by atoms with E-state index in [9.17, 15) is 4.39 Å². The van der Waals surface area contributed by atoms with Crippen molar-refractivity contribution in [2.75, 3.05) is 12.5 Å². The number of nitrogens with zero attached hydrogens (tertiary/aromatic N) is 3. The zero-order valence-electron chi connectivity index (χ0n) is 16.3. The van der Waals surface area contributed by atoms with Crippen LogP contribution in [0, 0.1) is 5.82 Å². The van der Waals surface area contributed by atoms with E-state index >= 15 is 0 Å². The van der Waals surface area contributed by atoms with E-state index in [0.29, 0.717) is 5.95 Å². The Bertz CT molecular complexity index is 1140. The topological polar surface area (TPSA) is 59.4 Å². The van der Waals surface area contributed by atoms with Crippen molar-refractivity contribution in [3.8, 4) is 28.3 Å². The number of anilines is 1. The van der Waals surface area contributed by atoms with Crippen molar-refractivity contribution in [2.24, 2.45) is 5.10 Å². The molecule has 0 fully saturated rings. The van der Waals surface area contributed by atoms with Crippen LogP contribution in [0.5, 0.6) is 5.75 Å². The van der Waals surface area contributed by atoms with E-state index in [2.05, 4.69) is 20.5 Å². The molecule has 0 aliphatic rings. The molecule has 30 heavy (non-hydrogen) atoms. The number of hydrogen-bond acceptors (Lipinski definition) is 5. The van der Waals surface area contributed by atoms with Crippen LogP contribution in [0.2, 0.25) is 0 Å². The lowest BCUT2D eigenvalue weighted by molar-refractivity contribution is 0.415. The van der Waals surface area contributed by atoms with E-state index < -0.39 is 0 Å². The van der Waals surface area contributed by atoms with E-state index in [0.717, 1.165) is 33.8 Å². The molecule has 0 saturated carbocycles. The van der Waals surface area contributed by atoms with Crippen LogP contribution < -0.4 is 10.2 Å². The van der Waals surface area contributed by atoms with Gasteiger partial charge >= 0.3 is 0 Å². The van der Waals surface area contributed by atoms with Gasteiger partial charge in [0.2, 0.25) is 5.95 Å². The molecule has 0 radical (unpaired) electrons. The van der Waals surface area contributed by atoms with Crippen LogP contribution in [0.1, 0.15) is 5.56 Å². The Morgan fingerprint density at radius 3 is 2.10 bits per heavy atom. The second-order valence-electron chi connectivity index (χ2n) is 6.48. The number of hydrogen-bond donors (Lipinski definition) is 1. The molecule has 5 nitrogen and oxygen atoms in total. The Hall–Kier alpha value is -4.06. The maximum atomic E-state index is 13.0. The number of benzene rings is 3. The van der Waals surface area contributed by atoms with Crippen LogP contribution in [0.4, 0.5) is 10.3 Å². The SMILES string of the molecule is COc1ccc(-c2cc(-c3ccccc3)nc(N/N=C/c3ccc(F)cc3)n2)cc1. The molecule has 3 aromatic carbocycles. The number of aromatic nitrogens is 2. The van der Waals surface area contributed by atoms with Gasteiger partial charge in [-0.05, 0) is 48.0 Å². The molecule has 1 heterocycles. The summed E-state index contributed by atoms with van der Waals surface area (Å²) in [6.07, 6.45) is 1.59. The third-order valence-electron chi connectivity index (χ3n) is 4.43. The molecular formula is C24H19FN4O. The highest BCUT2D eigenvalue weighted by Gasteiger charge is 2.08. The highest BCUT2D eigenvalue weighted by atomic mass is 19.1. The first kappa shape index (κ1) is 19.3. The Labute approximate surface area is 173 Å². The fraction of sp³-hybridized carbons (Fsp3) is 0.0417. The molecule has 0 spiro atoms. The van der Waals surface area contributed by atoms with Crippen LogP contribution >= 0.6 is 0 Å². The van der Waals surface area contributed by atoms with Gasteiger partial charge < -0.3 is 4.74 Å². The fourth-order valence-electron chi connectivity index (χ4n) is 2.88. The van der Waals surface area contributed by atoms with Crippen LogP contribution in [0.25, 0.3) is 22.5 Å². The molecule has 4 aromatic rings. The monoisotopic (exact) mass is 398 g/mol. The molecule has 0 amide bonds. The lowest BCUT2D eigenvalue weighted by Crippen LogP contribution is -2.00. The maximum Gasteiger partial charge on any atom is 0.244 e. The van der Waals surface area contributed by atoms with Crippen molar-refractivity contribution in [1.29, 1.82) is 0 Å². The van der Waals surface area contributed by atoms with E-state index in [-0.39, 0.29) is 5.82 Å². The smallest absolute Gasteiger partial charge is 0.244 e. The third kappa shape index (κ3) is 4.67. The van der Waals surface area contributed by atoms with Crippen molar-refractivity contribution in [3.63, 3.8) is 0 Å². The summed E-state index contributed by atoms with van der Waals surface area (Å²) in [7, 11) is 1.63. The Morgan fingerprint density at radius 2 is 1.47 bits per heavy atom. The largest absolute Gasteiger partial charge is 0.497 e. The fourth-order valence-corrected chi connectivity index (χ4v) is 2.88. The van der Waals surface area contributed by atoms with Gasteiger partial charge in [0.05, 0.1) is 24.7 Å². The van der Waals surface area contributed by atoms with Gasteiger partial charge in [0.25, 0.3) is 0 Å². The molecule has 0 saturated heterocycles. The zero-order chi connectivity index (χ0) is 20.8. The van der Waals surface area contributed by atoms with Crippen LogP contribution in [0.3, 0.4) is 0 Å². The third-order valence-corrected chi connectivity index (χ3v) is 4.43. The summed E-state index contributed by atoms with van der Waals surface area (Å²) in [5, 5.41) is 4.20. The minimum atomic E-state index is -0.289. The summed E-state index contributed by atoms with van der Waals surface area (Å²) in [6.45, 7) is 0. The van der Waals surface area contributed by atoms with Gasteiger partial charge in [-0.3, -0.25) is 0 Å². The van der Waals surface area contributed by atoms with Gasteiger partial charge in [0.15, 0.2) is 0 Å². The normalized spacial score (nSPS) is 10.9. The predicted octanol–water partition coefficient (Wildman–Crippen LogP) is 5.40. The Kier molecular flexibility index (Phi) is 5.75. The number of nitrogens with one attached hydrogen (secondary N) is 1. The predicted molar refractivity (Wildman–Crippen MR) is 117 cm³/mol. The van der Waals surface area contributed by atoms with E-state index in [1.54, 1.807) is 25.5 Å². The summed E-state index contributed by atoms with van der Waals surface area (Å²) in [5.74, 6) is 0.849. The van der Waals surface area contributed by atoms with E-state index in [1.807, 2.05) is 60.7 Å². The molecule has 0 bridgehead atoms. The lowest BCUT2D eigenvalue weighted by Gasteiger charge is -2.09. The molecule has 0 unspecified atom stereocenters. The number of methoxy groups -OCH3 is 1. The summed E-state index contributed by atoms with van der Waals surface area (Å²) >= 11 is 0. The number of rotatable bonds is 6. The van der Waals surface area contributed by atoms with Gasteiger partial charge in [-0.1, -0.05) is 42.5 Å². The second-order valence-corrected chi connectivity index (χ2v) is 6.48. The van der Waals surface area contributed by atoms with E-state index in [1.165, 1.54) is 12.1 Å². The molecule has 1 N–H and O–H groups in total.